The van der Waals surface area contributed by atoms with Gasteiger partial charge in [-0.3, -0.25) is 14.6 Å². The fraction of sp³-hybridized carbons (Fsp3) is 0.125. The van der Waals surface area contributed by atoms with E-state index in [9.17, 15) is 9.59 Å². The third-order valence-electron chi connectivity index (χ3n) is 3.00. The van der Waals surface area contributed by atoms with Crippen LogP contribution in [0.25, 0.3) is 0 Å². The number of amides is 2. The van der Waals surface area contributed by atoms with Gasteiger partial charge in [0.15, 0.2) is 5.13 Å². The van der Waals surface area contributed by atoms with Gasteiger partial charge in [0.1, 0.15) is 0 Å². The summed E-state index contributed by atoms with van der Waals surface area (Å²) in [7, 11) is 0. The summed E-state index contributed by atoms with van der Waals surface area (Å²) in [5.74, 6) is -0.289. The van der Waals surface area contributed by atoms with Crippen LogP contribution in [0.2, 0.25) is 0 Å². The first-order valence-corrected chi connectivity index (χ1v) is 8.91. The van der Waals surface area contributed by atoms with Gasteiger partial charge in [-0.05, 0) is 23.6 Å². The molecule has 3 aromatic rings. The molecule has 0 unspecified atom stereocenters. The van der Waals surface area contributed by atoms with Crippen LogP contribution in [0.15, 0.2) is 47.4 Å². The summed E-state index contributed by atoms with van der Waals surface area (Å²) < 4.78 is 0. The number of thiophene rings is 1. The molecule has 0 spiro atoms. The number of carbonyl (C=O) groups is 2. The number of aromatic nitrogens is 2. The van der Waals surface area contributed by atoms with Crippen LogP contribution < -0.4 is 10.6 Å². The molecule has 0 aliphatic carbocycles. The molecule has 0 aliphatic rings. The Morgan fingerprint density at radius 2 is 1.92 bits per heavy atom. The lowest BCUT2D eigenvalue weighted by Gasteiger charge is -2.02. The number of thiazole rings is 1. The van der Waals surface area contributed by atoms with Crippen molar-refractivity contribution in [2.45, 2.75) is 12.8 Å². The molecule has 0 radical (unpaired) electrons. The molecule has 0 atom stereocenters. The maximum Gasteiger partial charge on any atom is 0.231 e. The number of carbonyl (C=O) groups excluding carboxylic acids is 2. The molecule has 24 heavy (non-hydrogen) atoms. The van der Waals surface area contributed by atoms with Crippen molar-refractivity contribution in [2.24, 2.45) is 0 Å². The van der Waals surface area contributed by atoms with E-state index in [1.165, 1.54) is 11.3 Å². The molecule has 0 saturated heterocycles. The van der Waals surface area contributed by atoms with Crippen LogP contribution in [0.5, 0.6) is 0 Å². The fourth-order valence-electron chi connectivity index (χ4n) is 1.99. The van der Waals surface area contributed by atoms with Gasteiger partial charge in [-0.1, -0.05) is 6.07 Å². The number of nitrogens with zero attached hydrogens (tertiary/aromatic N) is 2. The van der Waals surface area contributed by atoms with Crippen molar-refractivity contribution in [2.75, 3.05) is 10.6 Å². The Bertz CT molecular complexity index is 816. The predicted molar refractivity (Wildman–Crippen MR) is 95.3 cm³/mol. The monoisotopic (exact) mass is 358 g/mol. The minimum absolute atomic E-state index is 0.113. The molecule has 0 aliphatic heterocycles. The van der Waals surface area contributed by atoms with Gasteiger partial charge in [0.25, 0.3) is 0 Å². The van der Waals surface area contributed by atoms with E-state index in [2.05, 4.69) is 20.6 Å². The molecule has 3 heterocycles. The molecule has 6 nitrogen and oxygen atoms in total. The highest BCUT2D eigenvalue weighted by Gasteiger charge is 2.11. The summed E-state index contributed by atoms with van der Waals surface area (Å²) in [6.45, 7) is 0. The molecule has 0 aromatic carbocycles. The number of hydrogen-bond acceptors (Lipinski definition) is 6. The molecule has 2 amide bonds. The van der Waals surface area contributed by atoms with E-state index in [-0.39, 0.29) is 18.2 Å². The Morgan fingerprint density at radius 1 is 1.04 bits per heavy atom. The van der Waals surface area contributed by atoms with Crippen molar-refractivity contribution in [1.29, 1.82) is 0 Å². The summed E-state index contributed by atoms with van der Waals surface area (Å²) >= 11 is 2.85. The van der Waals surface area contributed by atoms with Crippen molar-refractivity contribution < 1.29 is 9.59 Å². The lowest BCUT2D eigenvalue weighted by molar-refractivity contribution is -0.116. The first-order valence-electron chi connectivity index (χ1n) is 7.15. The highest BCUT2D eigenvalue weighted by Crippen LogP contribution is 2.17. The molecule has 0 bridgehead atoms. The van der Waals surface area contributed by atoms with Crippen molar-refractivity contribution in [3.63, 3.8) is 0 Å². The smallest absolute Gasteiger partial charge is 0.231 e. The normalized spacial score (nSPS) is 10.3. The molecule has 0 fully saturated rings. The summed E-state index contributed by atoms with van der Waals surface area (Å²) in [6.07, 6.45) is 3.69. The van der Waals surface area contributed by atoms with Crippen molar-refractivity contribution >= 4 is 45.3 Å². The van der Waals surface area contributed by atoms with E-state index in [0.717, 1.165) is 4.88 Å². The zero-order valence-electron chi connectivity index (χ0n) is 12.6. The van der Waals surface area contributed by atoms with E-state index >= 15 is 0 Å². The quantitative estimate of drug-likeness (QED) is 0.709. The van der Waals surface area contributed by atoms with Gasteiger partial charge in [-0.2, -0.15) is 0 Å². The SMILES string of the molecule is O=C(Cc1csc(NC(=O)Cc2cccs2)n1)Nc1cccnc1. The van der Waals surface area contributed by atoms with Crippen molar-refractivity contribution in [3.05, 3.63) is 58.0 Å². The lowest BCUT2D eigenvalue weighted by Crippen LogP contribution is -2.15. The van der Waals surface area contributed by atoms with Crippen LogP contribution >= 0.6 is 22.7 Å². The molecule has 0 saturated carbocycles. The third kappa shape index (κ3) is 4.71. The average molecular weight is 358 g/mol. The lowest BCUT2D eigenvalue weighted by atomic mass is 10.3. The van der Waals surface area contributed by atoms with Crippen LogP contribution in [0, 0.1) is 0 Å². The van der Waals surface area contributed by atoms with Gasteiger partial charge in [0.05, 0.1) is 30.4 Å². The molecular formula is C16H14N4O2S2. The molecule has 8 heteroatoms. The molecule has 3 aromatic heterocycles. The summed E-state index contributed by atoms with van der Waals surface area (Å²) in [6, 6.07) is 7.35. The zero-order chi connectivity index (χ0) is 16.8. The van der Waals surface area contributed by atoms with E-state index < -0.39 is 0 Å². The fourth-order valence-corrected chi connectivity index (χ4v) is 3.42. The van der Waals surface area contributed by atoms with Gasteiger partial charge in [0.2, 0.25) is 11.8 Å². The van der Waals surface area contributed by atoms with Crippen LogP contribution in [0.1, 0.15) is 10.6 Å². The highest BCUT2D eigenvalue weighted by molar-refractivity contribution is 7.14. The van der Waals surface area contributed by atoms with E-state index in [0.29, 0.717) is 22.9 Å². The van der Waals surface area contributed by atoms with Crippen molar-refractivity contribution in [3.8, 4) is 0 Å². The number of pyridine rings is 1. The Kier molecular flexibility index (Phi) is 5.29. The third-order valence-corrected chi connectivity index (χ3v) is 4.68. The summed E-state index contributed by atoms with van der Waals surface area (Å²) in [5.41, 5.74) is 1.26. The van der Waals surface area contributed by atoms with Gasteiger partial charge in [0, 0.05) is 16.5 Å². The number of nitrogens with one attached hydrogen (secondary N) is 2. The van der Waals surface area contributed by atoms with E-state index in [1.54, 1.807) is 41.2 Å². The van der Waals surface area contributed by atoms with Gasteiger partial charge >= 0.3 is 0 Å². The number of anilines is 2. The number of hydrogen-bond donors (Lipinski definition) is 2. The Morgan fingerprint density at radius 3 is 2.67 bits per heavy atom. The Balaban J connectivity index is 1.51. The van der Waals surface area contributed by atoms with Crippen LogP contribution in [0.4, 0.5) is 10.8 Å². The van der Waals surface area contributed by atoms with E-state index in [1.807, 2.05) is 17.5 Å². The average Bonchev–Trinajstić information content (AvgIpc) is 3.20. The molecule has 122 valence electrons. The van der Waals surface area contributed by atoms with Gasteiger partial charge in [-0.15, -0.1) is 22.7 Å². The van der Waals surface area contributed by atoms with Gasteiger partial charge in [-0.25, -0.2) is 4.98 Å². The molecule has 2 N–H and O–H groups in total. The predicted octanol–water partition coefficient (Wildman–Crippen LogP) is 2.96. The Labute approximate surface area is 146 Å². The van der Waals surface area contributed by atoms with Crippen LogP contribution in [-0.4, -0.2) is 21.8 Å². The maximum absolute atomic E-state index is 12.0. The molecular weight excluding hydrogens is 344 g/mol. The number of rotatable bonds is 6. The largest absolute Gasteiger partial charge is 0.324 e. The standard InChI is InChI=1S/C16H14N4O2S2/c21-14(18-11-3-1-5-17-9-11)7-12-10-24-16(19-12)20-15(22)8-13-4-2-6-23-13/h1-6,9-10H,7-8H2,(H,18,21)(H,19,20,22). The highest BCUT2D eigenvalue weighted by atomic mass is 32.1. The summed E-state index contributed by atoms with van der Waals surface area (Å²) in [4.78, 5) is 33.1. The van der Waals surface area contributed by atoms with Crippen LogP contribution in [-0.2, 0) is 22.4 Å². The minimum atomic E-state index is -0.176. The molecule has 3 rings (SSSR count). The second kappa shape index (κ2) is 7.80. The van der Waals surface area contributed by atoms with Gasteiger partial charge < -0.3 is 10.6 Å². The summed E-state index contributed by atoms with van der Waals surface area (Å²) in [5, 5.41) is 9.71. The van der Waals surface area contributed by atoms with E-state index in [4.69, 9.17) is 0 Å². The van der Waals surface area contributed by atoms with Crippen molar-refractivity contribution in [1.82, 2.24) is 9.97 Å². The second-order valence-corrected chi connectivity index (χ2v) is 6.81. The topological polar surface area (TPSA) is 84.0 Å². The minimum Gasteiger partial charge on any atom is -0.324 e. The second-order valence-electron chi connectivity index (χ2n) is 4.91. The maximum atomic E-state index is 12.0. The first-order chi connectivity index (χ1) is 11.7. The van der Waals surface area contributed by atoms with Crippen LogP contribution in [0.3, 0.4) is 0 Å². The first kappa shape index (κ1) is 16.3. The Hall–Kier alpha value is -2.58. The zero-order valence-corrected chi connectivity index (χ0v) is 14.2.